The highest BCUT2D eigenvalue weighted by molar-refractivity contribution is 5.82. The summed E-state index contributed by atoms with van der Waals surface area (Å²) in [5.41, 5.74) is 3.14. The molecule has 0 fully saturated rings. The summed E-state index contributed by atoms with van der Waals surface area (Å²) in [6, 6.07) is 8.07. The van der Waals surface area contributed by atoms with Crippen LogP contribution in [0.1, 0.15) is 42.1 Å². The van der Waals surface area contributed by atoms with Gasteiger partial charge in [-0.05, 0) is 41.8 Å². The van der Waals surface area contributed by atoms with Gasteiger partial charge in [0, 0.05) is 24.8 Å². The van der Waals surface area contributed by atoms with E-state index in [9.17, 15) is 4.79 Å². The van der Waals surface area contributed by atoms with Crippen molar-refractivity contribution in [2.45, 2.75) is 45.2 Å². The van der Waals surface area contributed by atoms with Crippen LogP contribution in [-0.4, -0.2) is 35.9 Å². The van der Waals surface area contributed by atoms with Crippen molar-refractivity contribution in [2.75, 3.05) is 0 Å². The zero-order valence-electron chi connectivity index (χ0n) is 14.7. The van der Waals surface area contributed by atoms with E-state index in [-0.39, 0.29) is 11.8 Å². The van der Waals surface area contributed by atoms with E-state index in [1.165, 1.54) is 0 Å². The van der Waals surface area contributed by atoms with Gasteiger partial charge in [-0.15, -0.1) is 5.10 Å². The van der Waals surface area contributed by atoms with E-state index in [1.54, 1.807) is 10.9 Å². The molecule has 1 amide bonds. The number of rotatable bonds is 4. The molecule has 0 saturated carbocycles. The van der Waals surface area contributed by atoms with Crippen molar-refractivity contribution < 1.29 is 4.79 Å². The Morgan fingerprint density at radius 1 is 1.31 bits per heavy atom. The first-order chi connectivity index (χ1) is 12.7. The minimum Gasteiger partial charge on any atom is -0.351 e. The molecule has 0 radical (unpaired) electrons. The fourth-order valence-corrected chi connectivity index (χ4v) is 3.32. The number of hydrogen-bond acceptors (Lipinski definition) is 5. The Hall–Kier alpha value is -3.03. The van der Waals surface area contributed by atoms with Crippen LogP contribution in [0.2, 0.25) is 0 Å². The first-order valence-electron chi connectivity index (χ1n) is 8.85. The predicted molar refractivity (Wildman–Crippen MR) is 94.6 cm³/mol. The molecule has 1 aromatic carbocycles. The molecule has 3 heterocycles. The second-order valence-electron chi connectivity index (χ2n) is 6.61. The van der Waals surface area contributed by atoms with E-state index >= 15 is 0 Å². The topological polar surface area (TPSA) is 90.5 Å². The van der Waals surface area contributed by atoms with Gasteiger partial charge in [-0.3, -0.25) is 4.79 Å². The smallest absolute Gasteiger partial charge is 0.231 e. The molecule has 1 atom stereocenters. The number of fused-ring (bicyclic) bond motifs is 1. The third-order valence-electron chi connectivity index (χ3n) is 4.77. The molecule has 26 heavy (non-hydrogen) atoms. The number of aryl methyl sites for hydroxylation is 2. The summed E-state index contributed by atoms with van der Waals surface area (Å²) in [5, 5.41) is 19.2. The first kappa shape index (κ1) is 16.4. The van der Waals surface area contributed by atoms with Gasteiger partial charge >= 0.3 is 0 Å². The van der Waals surface area contributed by atoms with Crippen molar-refractivity contribution in [3.63, 3.8) is 0 Å². The van der Waals surface area contributed by atoms with Crippen LogP contribution in [0.15, 0.2) is 36.7 Å². The van der Waals surface area contributed by atoms with E-state index in [0.29, 0.717) is 12.4 Å². The summed E-state index contributed by atoms with van der Waals surface area (Å²) in [4.78, 5) is 12.7. The van der Waals surface area contributed by atoms with Crippen molar-refractivity contribution >= 4 is 5.91 Å². The number of para-hydroxylation sites is 1. The Labute approximate surface area is 151 Å². The third-order valence-corrected chi connectivity index (χ3v) is 4.77. The molecule has 0 saturated heterocycles. The minimum atomic E-state index is -0.293. The Kier molecular flexibility index (Phi) is 4.47. The molecule has 1 aliphatic heterocycles. The molecular formula is C18H21N7O. The Morgan fingerprint density at radius 3 is 3.08 bits per heavy atom. The fraction of sp³-hybridized carbons (Fsp3) is 0.389. The van der Waals surface area contributed by atoms with Crippen molar-refractivity contribution in [2.24, 2.45) is 0 Å². The van der Waals surface area contributed by atoms with Gasteiger partial charge in [-0.1, -0.05) is 24.6 Å². The maximum atomic E-state index is 12.7. The highest BCUT2D eigenvalue weighted by Gasteiger charge is 2.28. The summed E-state index contributed by atoms with van der Waals surface area (Å²) < 4.78 is 3.58. The van der Waals surface area contributed by atoms with Crippen LogP contribution in [0.5, 0.6) is 0 Å². The van der Waals surface area contributed by atoms with E-state index in [0.717, 1.165) is 42.6 Å². The summed E-state index contributed by atoms with van der Waals surface area (Å²) in [7, 11) is 0. The highest BCUT2D eigenvalue weighted by atomic mass is 16.1. The SMILES string of the molecule is Cc1ccccc1-n1cc(CNC(=O)[C@@H]2CCCCn3nnnc32)cn1. The van der Waals surface area contributed by atoms with E-state index < -0.39 is 0 Å². The first-order valence-corrected chi connectivity index (χ1v) is 8.85. The molecule has 8 nitrogen and oxygen atoms in total. The second kappa shape index (κ2) is 7.07. The van der Waals surface area contributed by atoms with Crippen LogP contribution in [0.25, 0.3) is 5.69 Å². The van der Waals surface area contributed by atoms with Crippen molar-refractivity contribution in [3.05, 3.63) is 53.6 Å². The number of tetrazole rings is 1. The molecule has 8 heteroatoms. The Morgan fingerprint density at radius 2 is 2.19 bits per heavy atom. The number of carbonyl (C=O) groups excluding carboxylic acids is 1. The summed E-state index contributed by atoms with van der Waals surface area (Å²) in [5.74, 6) is 0.334. The molecule has 4 rings (SSSR count). The average Bonchev–Trinajstić information content (AvgIpc) is 3.26. The molecular weight excluding hydrogens is 330 g/mol. The Bertz CT molecular complexity index is 914. The average molecular weight is 351 g/mol. The van der Waals surface area contributed by atoms with Gasteiger partial charge in [0.15, 0.2) is 5.82 Å². The van der Waals surface area contributed by atoms with Crippen molar-refractivity contribution in [1.82, 2.24) is 35.3 Å². The van der Waals surface area contributed by atoms with Crippen molar-refractivity contribution in [3.8, 4) is 5.69 Å². The number of benzene rings is 1. The maximum absolute atomic E-state index is 12.7. The van der Waals surface area contributed by atoms with E-state index in [4.69, 9.17) is 0 Å². The quantitative estimate of drug-likeness (QED) is 0.773. The summed E-state index contributed by atoms with van der Waals surface area (Å²) >= 11 is 0. The molecule has 1 aliphatic rings. The molecule has 0 spiro atoms. The summed E-state index contributed by atoms with van der Waals surface area (Å²) in [6.45, 7) is 3.26. The molecule has 0 aliphatic carbocycles. The number of nitrogens with one attached hydrogen (secondary N) is 1. The zero-order valence-corrected chi connectivity index (χ0v) is 14.7. The van der Waals surface area contributed by atoms with Gasteiger partial charge in [-0.2, -0.15) is 5.10 Å². The predicted octanol–water partition coefficient (Wildman–Crippen LogP) is 1.75. The van der Waals surface area contributed by atoms with Crippen LogP contribution in [-0.2, 0) is 17.9 Å². The lowest BCUT2D eigenvalue weighted by Crippen LogP contribution is -2.30. The lowest BCUT2D eigenvalue weighted by atomic mass is 10.0. The van der Waals surface area contributed by atoms with Crippen LogP contribution in [0, 0.1) is 6.92 Å². The van der Waals surface area contributed by atoms with Crippen molar-refractivity contribution in [1.29, 1.82) is 0 Å². The van der Waals surface area contributed by atoms with Gasteiger partial charge in [0.2, 0.25) is 5.91 Å². The molecule has 2 aromatic heterocycles. The largest absolute Gasteiger partial charge is 0.351 e. The number of carbonyl (C=O) groups is 1. The van der Waals surface area contributed by atoms with Gasteiger partial charge in [-0.25, -0.2) is 9.36 Å². The fourth-order valence-electron chi connectivity index (χ4n) is 3.32. The second-order valence-corrected chi connectivity index (χ2v) is 6.61. The van der Waals surface area contributed by atoms with Gasteiger partial charge in [0.25, 0.3) is 0 Å². The van der Waals surface area contributed by atoms with Gasteiger partial charge in [0.05, 0.1) is 17.8 Å². The van der Waals surface area contributed by atoms with E-state index in [2.05, 4.69) is 38.9 Å². The standard InChI is InChI=1S/C18H21N7O/c1-13-6-2-3-8-16(13)25-12-14(11-20-25)10-19-18(26)15-7-4-5-9-24-17(15)21-22-23-24/h2-3,6,8,11-12,15H,4-5,7,9-10H2,1H3,(H,19,26)/t15-/m1/s1. The number of nitrogens with zero attached hydrogens (tertiary/aromatic N) is 6. The molecule has 134 valence electrons. The molecule has 0 unspecified atom stereocenters. The lowest BCUT2D eigenvalue weighted by Gasteiger charge is -2.12. The van der Waals surface area contributed by atoms with Crippen LogP contribution >= 0.6 is 0 Å². The number of aromatic nitrogens is 6. The monoisotopic (exact) mass is 351 g/mol. The highest BCUT2D eigenvalue weighted by Crippen LogP contribution is 2.24. The Balaban J connectivity index is 1.44. The van der Waals surface area contributed by atoms with Gasteiger partial charge < -0.3 is 5.32 Å². The van der Waals surface area contributed by atoms with E-state index in [1.807, 2.05) is 29.1 Å². The van der Waals surface area contributed by atoms with Crippen LogP contribution in [0.3, 0.4) is 0 Å². The summed E-state index contributed by atoms with van der Waals surface area (Å²) in [6.07, 6.45) is 6.47. The number of hydrogen-bond donors (Lipinski definition) is 1. The maximum Gasteiger partial charge on any atom is 0.231 e. The molecule has 3 aromatic rings. The van der Waals surface area contributed by atoms with Crippen LogP contribution in [0.4, 0.5) is 0 Å². The zero-order chi connectivity index (χ0) is 17.9. The molecule has 1 N–H and O–H groups in total. The van der Waals surface area contributed by atoms with Crippen LogP contribution < -0.4 is 5.32 Å². The van der Waals surface area contributed by atoms with Gasteiger partial charge in [0.1, 0.15) is 0 Å². The normalized spacial score (nSPS) is 16.7. The molecule has 0 bridgehead atoms. The lowest BCUT2D eigenvalue weighted by molar-refractivity contribution is -0.123. The third kappa shape index (κ3) is 3.22. The number of amides is 1. The minimum absolute atomic E-state index is 0.0356.